The maximum absolute atomic E-state index is 13.1. The van der Waals surface area contributed by atoms with E-state index in [1.807, 2.05) is 25.1 Å². The van der Waals surface area contributed by atoms with Crippen molar-refractivity contribution in [2.45, 2.75) is 33.6 Å². The number of carbonyl (C=O) groups is 1. The minimum Gasteiger partial charge on any atom is -0.471 e. The Morgan fingerprint density at radius 3 is 2.13 bits per heavy atom. The number of benzene rings is 2. The van der Waals surface area contributed by atoms with Crippen molar-refractivity contribution in [3.63, 3.8) is 0 Å². The van der Waals surface area contributed by atoms with Gasteiger partial charge in [0, 0.05) is 16.7 Å². The quantitative estimate of drug-likeness (QED) is 0.342. The van der Waals surface area contributed by atoms with Crippen molar-refractivity contribution in [3.05, 3.63) is 70.3 Å². The van der Waals surface area contributed by atoms with Crippen LogP contribution in [0.5, 0.6) is 0 Å². The Labute approximate surface area is 179 Å². The van der Waals surface area contributed by atoms with Crippen LogP contribution < -0.4 is 0 Å². The number of carbonyl (C=O) groups excluding carboxylic acids is 1. The molecule has 6 nitrogen and oxygen atoms in total. The van der Waals surface area contributed by atoms with Crippen molar-refractivity contribution < 1.29 is 32.4 Å². The van der Waals surface area contributed by atoms with Crippen LogP contribution in [0.3, 0.4) is 0 Å². The summed E-state index contributed by atoms with van der Waals surface area (Å²) in [7, 11) is 2.77. The van der Waals surface area contributed by atoms with Crippen LogP contribution >= 0.6 is 0 Å². The van der Waals surface area contributed by atoms with Gasteiger partial charge in [0.25, 0.3) is 6.47 Å². The summed E-state index contributed by atoms with van der Waals surface area (Å²) in [6, 6.07) is 11.0. The fraction of sp³-hybridized carbons (Fsp3) is 0.318. The first kappa shape index (κ1) is 25.7. The highest BCUT2D eigenvalue weighted by Gasteiger charge is 2.33. The highest BCUT2D eigenvalue weighted by molar-refractivity contribution is 6.00. The van der Waals surface area contributed by atoms with E-state index >= 15 is 0 Å². The van der Waals surface area contributed by atoms with Gasteiger partial charge in [-0.1, -0.05) is 46.7 Å². The van der Waals surface area contributed by atoms with Crippen molar-refractivity contribution in [1.82, 2.24) is 0 Å². The third-order valence-electron chi connectivity index (χ3n) is 4.16. The maximum Gasteiger partial charge on any atom is 0.417 e. The van der Waals surface area contributed by atoms with Crippen molar-refractivity contribution in [2.75, 3.05) is 14.2 Å². The molecule has 0 saturated carbocycles. The lowest BCUT2D eigenvalue weighted by molar-refractivity contribution is -0.137. The number of ether oxygens (including phenoxy) is 1. The smallest absolute Gasteiger partial charge is 0.417 e. The molecule has 0 saturated heterocycles. The Morgan fingerprint density at radius 2 is 1.55 bits per heavy atom. The molecule has 168 valence electrons. The summed E-state index contributed by atoms with van der Waals surface area (Å²) < 4.78 is 43.3. The number of alkyl halides is 3. The molecule has 0 heterocycles. The topological polar surface area (TPSA) is 69.5 Å². The Kier molecular flexibility index (Phi) is 10.2. The molecular weight excluding hydrogens is 413 g/mol. The zero-order valence-electron chi connectivity index (χ0n) is 18.0. The second-order valence-electron chi connectivity index (χ2n) is 6.29. The summed E-state index contributed by atoms with van der Waals surface area (Å²) in [4.78, 5) is 19.1. The number of methoxy groups -OCH3 is 1. The van der Waals surface area contributed by atoms with Gasteiger partial charge in [0.2, 0.25) is 0 Å². The molecule has 0 amide bonds. The number of hydrogen-bond acceptors (Lipinski definition) is 6. The molecule has 0 bridgehead atoms. The molecule has 0 aliphatic rings. The molecule has 9 heteroatoms. The van der Waals surface area contributed by atoms with Gasteiger partial charge in [-0.2, -0.15) is 13.2 Å². The van der Waals surface area contributed by atoms with Crippen LogP contribution in [0.25, 0.3) is 0 Å². The lowest BCUT2D eigenvalue weighted by Crippen LogP contribution is -2.12. The second kappa shape index (κ2) is 12.4. The van der Waals surface area contributed by atoms with E-state index in [0.29, 0.717) is 12.2 Å². The van der Waals surface area contributed by atoms with E-state index in [1.54, 1.807) is 6.92 Å². The van der Waals surface area contributed by atoms with Gasteiger partial charge >= 0.3 is 6.18 Å². The summed E-state index contributed by atoms with van der Waals surface area (Å²) in [5, 5.41) is 7.82. The zero-order valence-corrected chi connectivity index (χ0v) is 18.0. The standard InChI is InChI=1S/C20H21F3N2O2.C2H4O2/c1-13-8-7-10-16(14(2)24-26-4)18(13)12-27-25-15(3)17-9-5-6-11-19(17)20(21,22)23;1-4-2-3/h5-11H,12H2,1-4H3;2H,1H3/b24-14-,25-15+;. The van der Waals surface area contributed by atoms with Gasteiger partial charge in [-0.3, -0.25) is 4.79 Å². The van der Waals surface area contributed by atoms with Crippen molar-refractivity contribution in [1.29, 1.82) is 0 Å². The number of halogens is 3. The first-order chi connectivity index (χ1) is 14.7. The number of nitrogens with zero attached hydrogens (tertiary/aromatic N) is 2. The van der Waals surface area contributed by atoms with Crippen LogP contribution in [0.4, 0.5) is 13.2 Å². The van der Waals surface area contributed by atoms with Crippen LogP contribution in [0.2, 0.25) is 0 Å². The average molecular weight is 438 g/mol. The molecule has 2 aromatic rings. The summed E-state index contributed by atoms with van der Waals surface area (Å²) in [5.74, 6) is 0. The van der Waals surface area contributed by atoms with Crippen LogP contribution in [-0.4, -0.2) is 32.1 Å². The van der Waals surface area contributed by atoms with Crippen molar-refractivity contribution >= 4 is 17.9 Å². The van der Waals surface area contributed by atoms with Crippen molar-refractivity contribution in [3.8, 4) is 0 Å². The van der Waals surface area contributed by atoms with Crippen molar-refractivity contribution in [2.24, 2.45) is 10.3 Å². The molecule has 0 aromatic heterocycles. The number of oxime groups is 2. The molecule has 0 N–H and O–H groups in total. The SMILES string of the molecule is CO/N=C(/C)c1cccc(C)c1CO/N=C(\C)c1ccccc1C(F)(F)F.COC=O. The zero-order chi connectivity index (χ0) is 23.4. The van der Waals surface area contributed by atoms with Gasteiger partial charge in [-0.25, -0.2) is 0 Å². The van der Waals surface area contributed by atoms with Gasteiger partial charge in [-0.15, -0.1) is 0 Å². The van der Waals surface area contributed by atoms with Gasteiger partial charge in [-0.05, 0) is 32.4 Å². The van der Waals surface area contributed by atoms with Crippen LogP contribution in [0.15, 0.2) is 52.8 Å². The Balaban J connectivity index is 0.00000110. The number of rotatable bonds is 7. The monoisotopic (exact) mass is 438 g/mol. The summed E-state index contributed by atoms with van der Waals surface area (Å²) in [6.45, 7) is 5.68. The highest BCUT2D eigenvalue weighted by Crippen LogP contribution is 2.32. The molecule has 0 fully saturated rings. The van der Waals surface area contributed by atoms with Crippen LogP contribution in [0, 0.1) is 6.92 Å². The Hall–Kier alpha value is -3.36. The lowest BCUT2D eigenvalue weighted by atomic mass is 10.00. The highest BCUT2D eigenvalue weighted by atomic mass is 19.4. The fourth-order valence-corrected chi connectivity index (χ4v) is 2.71. The summed E-state index contributed by atoms with van der Waals surface area (Å²) >= 11 is 0. The Morgan fingerprint density at radius 1 is 0.968 bits per heavy atom. The molecular formula is C22H25F3N2O4. The van der Waals surface area contributed by atoms with E-state index in [0.717, 1.165) is 22.8 Å². The van der Waals surface area contributed by atoms with Gasteiger partial charge in [0.1, 0.15) is 13.7 Å². The third-order valence-corrected chi connectivity index (χ3v) is 4.16. The first-order valence-corrected chi connectivity index (χ1v) is 9.13. The lowest BCUT2D eigenvalue weighted by Gasteiger charge is -2.13. The van der Waals surface area contributed by atoms with E-state index in [4.69, 9.17) is 14.5 Å². The molecule has 0 radical (unpaired) electrons. The van der Waals surface area contributed by atoms with Crippen LogP contribution in [-0.2, 0) is 32.0 Å². The molecule has 0 spiro atoms. The normalized spacial score (nSPS) is 11.9. The van der Waals surface area contributed by atoms with E-state index in [-0.39, 0.29) is 17.9 Å². The number of hydrogen-bond donors (Lipinski definition) is 0. The second-order valence-corrected chi connectivity index (χ2v) is 6.29. The predicted molar refractivity (Wildman–Crippen MR) is 112 cm³/mol. The number of aryl methyl sites for hydroxylation is 1. The minimum atomic E-state index is -4.45. The van der Waals surface area contributed by atoms with E-state index in [1.165, 1.54) is 39.3 Å². The van der Waals surface area contributed by atoms with E-state index in [2.05, 4.69) is 15.0 Å². The Bertz CT molecular complexity index is 925. The fourth-order valence-electron chi connectivity index (χ4n) is 2.71. The predicted octanol–water partition coefficient (Wildman–Crippen LogP) is 5.11. The molecule has 2 aromatic carbocycles. The third kappa shape index (κ3) is 7.76. The van der Waals surface area contributed by atoms with Crippen LogP contribution in [0.1, 0.15) is 41.7 Å². The van der Waals surface area contributed by atoms with E-state index in [9.17, 15) is 13.2 Å². The maximum atomic E-state index is 13.1. The molecule has 0 aliphatic heterocycles. The largest absolute Gasteiger partial charge is 0.471 e. The average Bonchev–Trinajstić information content (AvgIpc) is 2.74. The molecule has 0 unspecified atom stereocenters. The minimum absolute atomic E-state index is 0.00728. The van der Waals surface area contributed by atoms with E-state index < -0.39 is 11.7 Å². The molecule has 31 heavy (non-hydrogen) atoms. The molecule has 0 aliphatic carbocycles. The summed E-state index contributed by atoms with van der Waals surface area (Å²) in [5.41, 5.74) is 2.71. The molecule has 2 rings (SSSR count). The molecule has 0 atom stereocenters. The van der Waals surface area contributed by atoms with Gasteiger partial charge in [0.05, 0.1) is 24.1 Å². The first-order valence-electron chi connectivity index (χ1n) is 9.13. The van der Waals surface area contributed by atoms with Gasteiger partial charge < -0.3 is 14.4 Å². The summed E-state index contributed by atoms with van der Waals surface area (Å²) in [6.07, 6.45) is -4.45. The van der Waals surface area contributed by atoms with Gasteiger partial charge in [0.15, 0.2) is 0 Å².